The molecule has 1 aliphatic carbocycles. The van der Waals surface area contributed by atoms with Crippen molar-refractivity contribution in [3.05, 3.63) is 113 Å². The van der Waals surface area contributed by atoms with Crippen molar-refractivity contribution < 1.29 is 40.2 Å². The number of halogens is 7. The highest BCUT2D eigenvalue weighted by Gasteiger charge is 2.41. The fraction of sp³-hybridized carbons (Fsp3) is 0.368. The highest BCUT2D eigenvalue weighted by Crippen LogP contribution is 2.40. The van der Waals surface area contributed by atoms with Gasteiger partial charge in [0.25, 0.3) is 0 Å². The highest BCUT2D eigenvalue weighted by atomic mass is 19.3. The summed E-state index contributed by atoms with van der Waals surface area (Å²) in [5.74, 6) is -5.29. The Hall–Kier alpha value is -3.85. The molecule has 1 aliphatic rings. The Bertz CT molecular complexity index is 1670. The van der Waals surface area contributed by atoms with Crippen LogP contribution in [-0.2, 0) is 17.3 Å². The van der Waals surface area contributed by atoms with E-state index < -0.39 is 46.5 Å². The van der Waals surface area contributed by atoms with E-state index in [9.17, 15) is 22.0 Å². The van der Waals surface area contributed by atoms with E-state index in [1.807, 2.05) is 13.0 Å². The molecule has 1 saturated carbocycles. The van der Waals surface area contributed by atoms with Crippen LogP contribution in [0.25, 0.3) is 22.3 Å². The summed E-state index contributed by atoms with van der Waals surface area (Å²) in [5.41, 5.74) is -0.743. The lowest BCUT2D eigenvalue weighted by atomic mass is 9.77. The molecular weight excluding hydrogens is 621 g/mol. The number of aryl methyl sites for hydroxylation is 1. The first-order valence-electron chi connectivity index (χ1n) is 15.9. The quantitative estimate of drug-likeness (QED) is 0.111. The van der Waals surface area contributed by atoms with E-state index >= 15 is 8.78 Å². The number of alkyl halides is 2. The monoisotopic (exact) mass is 658 g/mol. The van der Waals surface area contributed by atoms with Crippen LogP contribution in [-0.4, -0.2) is 13.7 Å². The lowest BCUT2D eigenvalue weighted by molar-refractivity contribution is -0.189. The molecule has 4 aromatic carbocycles. The summed E-state index contributed by atoms with van der Waals surface area (Å²) >= 11 is 0. The Morgan fingerprint density at radius 3 is 1.96 bits per heavy atom. The first-order chi connectivity index (χ1) is 22.5. The van der Waals surface area contributed by atoms with Crippen molar-refractivity contribution in [1.29, 1.82) is 0 Å². The molecule has 2 nitrogen and oxygen atoms in total. The van der Waals surface area contributed by atoms with Gasteiger partial charge in [0, 0.05) is 30.9 Å². The zero-order chi connectivity index (χ0) is 33.7. The second-order valence-electron chi connectivity index (χ2n) is 12.2. The van der Waals surface area contributed by atoms with Crippen LogP contribution >= 0.6 is 0 Å². The molecule has 0 N–H and O–H groups in total. The van der Waals surface area contributed by atoms with Crippen molar-refractivity contribution in [3.63, 3.8) is 0 Å². The van der Waals surface area contributed by atoms with Crippen molar-refractivity contribution in [2.24, 2.45) is 5.92 Å². The molecule has 250 valence electrons. The van der Waals surface area contributed by atoms with Crippen molar-refractivity contribution in [2.75, 3.05) is 13.7 Å². The summed E-state index contributed by atoms with van der Waals surface area (Å²) in [6, 6.07) is 12.8. The smallest absolute Gasteiger partial charge is 0.429 e. The standard InChI is InChI=1S/C38H37F7O2/c1-3-5-25-11-14-29(22-32(25)39)47-38(44,45)37-35(42)20-28(21-36(37)43)31-16-13-27(19-34(31)41)30-15-12-26(18-33(30)40)24-9-7-23(8-10-24)6-4-17-46-2/h11-16,18-24H,3-10,17H2,1-2H3. The third kappa shape index (κ3) is 8.00. The van der Waals surface area contributed by atoms with E-state index in [0.717, 1.165) is 68.9 Å². The Morgan fingerprint density at radius 2 is 1.34 bits per heavy atom. The van der Waals surface area contributed by atoms with Gasteiger partial charge in [-0.2, -0.15) is 8.78 Å². The largest absolute Gasteiger partial charge is 0.432 e. The van der Waals surface area contributed by atoms with Gasteiger partial charge in [-0.1, -0.05) is 43.7 Å². The fourth-order valence-corrected chi connectivity index (χ4v) is 6.51. The second-order valence-corrected chi connectivity index (χ2v) is 12.2. The van der Waals surface area contributed by atoms with Gasteiger partial charge in [0.2, 0.25) is 0 Å². The van der Waals surface area contributed by atoms with Crippen LogP contribution in [0.3, 0.4) is 0 Å². The lowest BCUT2D eigenvalue weighted by Crippen LogP contribution is -2.25. The Labute approximate surface area is 270 Å². The Kier molecular flexibility index (Phi) is 11.0. The van der Waals surface area contributed by atoms with Gasteiger partial charge in [0.05, 0.1) is 0 Å². The lowest BCUT2D eigenvalue weighted by Gasteiger charge is -2.29. The van der Waals surface area contributed by atoms with Crippen molar-refractivity contribution >= 4 is 0 Å². The molecule has 4 aromatic rings. The van der Waals surface area contributed by atoms with E-state index in [-0.39, 0.29) is 28.2 Å². The molecule has 47 heavy (non-hydrogen) atoms. The van der Waals surface area contributed by atoms with Crippen LogP contribution in [0.1, 0.15) is 74.5 Å². The topological polar surface area (TPSA) is 18.5 Å². The molecule has 0 unspecified atom stereocenters. The van der Waals surface area contributed by atoms with Crippen LogP contribution in [0.2, 0.25) is 0 Å². The van der Waals surface area contributed by atoms with Gasteiger partial charge >= 0.3 is 6.11 Å². The maximum absolute atomic E-state index is 15.3. The van der Waals surface area contributed by atoms with Crippen molar-refractivity contribution in [2.45, 2.75) is 70.3 Å². The number of hydrogen-bond acceptors (Lipinski definition) is 2. The molecule has 0 saturated heterocycles. The Morgan fingerprint density at radius 1 is 0.702 bits per heavy atom. The van der Waals surface area contributed by atoms with Gasteiger partial charge in [-0.3, -0.25) is 0 Å². The molecule has 9 heteroatoms. The summed E-state index contributed by atoms with van der Waals surface area (Å²) in [5, 5.41) is 0. The van der Waals surface area contributed by atoms with Crippen LogP contribution in [0.15, 0.2) is 66.7 Å². The van der Waals surface area contributed by atoms with E-state index in [0.29, 0.717) is 36.5 Å². The molecule has 0 radical (unpaired) electrons. The fourth-order valence-electron chi connectivity index (χ4n) is 6.51. The van der Waals surface area contributed by atoms with Crippen molar-refractivity contribution in [1.82, 2.24) is 0 Å². The molecular formula is C38H37F7O2. The minimum Gasteiger partial charge on any atom is -0.429 e. The zero-order valence-corrected chi connectivity index (χ0v) is 26.3. The molecule has 0 aromatic heterocycles. The number of rotatable bonds is 12. The summed E-state index contributed by atoms with van der Waals surface area (Å²) in [7, 11) is 1.70. The molecule has 0 aliphatic heterocycles. The maximum Gasteiger partial charge on any atom is 0.432 e. The summed E-state index contributed by atoms with van der Waals surface area (Å²) in [6.45, 7) is 2.57. The van der Waals surface area contributed by atoms with E-state index in [4.69, 9.17) is 4.74 Å². The minimum absolute atomic E-state index is 0.163. The van der Waals surface area contributed by atoms with Gasteiger partial charge in [0.1, 0.15) is 40.4 Å². The predicted molar refractivity (Wildman–Crippen MR) is 168 cm³/mol. The molecule has 0 heterocycles. The number of methoxy groups -OCH3 is 1. The van der Waals surface area contributed by atoms with Crippen molar-refractivity contribution in [3.8, 4) is 28.0 Å². The predicted octanol–water partition coefficient (Wildman–Crippen LogP) is 11.5. The van der Waals surface area contributed by atoms with E-state index in [2.05, 4.69) is 4.74 Å². The van der Waals surface area contributed by atoms with E-state index in [1.165, 1.54) is 24.3 Å². The normalized spacial score (nSPS) is 16.8. The van der Waals surface area contributed by atoms with Gasteiger partial charge in [-0.25, -0.2) is 22.0 Å². The van der Waals surface area contributed by atoms with Crippen LogP contribution in [0.5, 0.6) is 5.75 Å². The van der Waals surface area contributed by atoms with Gasteiger partial charge < -0.3 is 9.47 Å². The first kappa shape index (κ1) is 34.5. The van der Waals surface area contributed by atoms with Gasteiger partial charge in [0.15, 0.2) is 0 Å². The number of benzene rings is 4. The number of hydrogen-bond donors (Lipinski definition) is 0. The molecule has 1 fully saturated rings. The summed E-state index contributed by atoms with van der Waals surface area (Å²) in [6.07, 6.45) is 2.74. The maximum atomic E-state index is 15.3. The van der Waals surface area contributed by atoms with Gasteiger partial charge in [-0.05, 0) is 109 Å². The highest BCUT2D eigenvalue weighted by molar-refractivity contribution is 5.72. The minimum atomic E-state index is -4.50. The van der Waals surface area contributed by atoms with Gasteiger partial charge in [-0.15, -0.1) is 0 Å². The molecule has 5 rings (SSSR count). The summed E-state index contributed by atoms with van der Waals surface area (Å²) in [4.78, 5) is 0. The SMILES string of the molecule is CCCc1ccc(OC(F)(F)c2c(F)cc(-c3ccc(-c4ccc(C5CCC(CCCOC)CC5)cc4F)cc3F)cc2F)cc1F. The average molecular weight is 659 g/mol. The molecule has 0 atom stereocenters. The summed E-state index contributed by atoms with van der Waals surface area (Å²) < 4.78 is 114. The molecule has 0 bridgehead atoms. The third-order valence-electron chi connectivity index (χ3n) is 8.99. The Balaban J connectivity index is 1.31. The van der Waals surface area contributed by atoms with Crippen LogP contribution in [0.4, 0.5) is 30.7 Å². The molecule has 0 amide bonds. The number of ether oxygens (including phenoxy) is 2. The third-order valence-corrected chi connectivity index (χ3v) is 8.99. The zero-order valence-electron chi connectivity index (χ0n) is 26.3. The first-order valence-corrected chi connectivity index (χ1v) is 15.9. The second kappa shape index (κ2) is 14.9. The van der Waals surface area contributed by atoms with E-state index in [1.54, 1.807) is 13.2 Å². The van der Waals surface area contributed by atoms with Crippen LogP contribution < -0.4 is 4.74 Å². The average Bonchev–Trinajstić information content (AvgIpc) is 3.02. The molecule has 0 spiro atoms. The van der Waals surface area contributed by atoms with Crippen LogP contribution in [0, 0.1) is 35.0 Å².